The molecule has 1 atom stereocenters. The van der Waals surface area contributed by atoms with Gasteiger partial charge in [0.1, 0.15) is 0 Å². The SMILES string of the molecule is CCC(N)Cc1ccc(N(C)Cc2cccnc2)c(Cl)c1. The number of anilines is 1. The van der Waals surface area contributed by atoms with E-state index in [-0.39, 0.29) is 6.04 Å². The molecular weight excluding hydrogens is 282 g/mol. The molecule has 1 heterocycles. The maximum absolute atomic E-state index is 6.42. The van der Waals surface area contributed by atoms with Crippen LogP contribution in [0.25, 0.3) is 0 Å². The summed E-state index contributed by atoms with van der Waals surface area (Å²) in [6, 6.07) is 10.4. The van der Waals surface area contributed by atoms with Crippen LogP contribution in [0.15, 0.2) is 42.7 Å². The zero-order chi connectivity index (χ0) is 15.2. The van der Waals surface area contributed by atoms with E-state index in [0.29, 0.717) is 0 Å². The number of nitrogens with two attached hydrogens (primary N) is 1. The Morgan fingerprint density at radius 1 is 1.29 bits per heavy atom. The first-order chi connectivity index (χ1) is 10.1. The first-order valence-electron chi connectivity index (χ1n) is 7.24. The van der Waals surface area contributed by atoms with Crippen molar-refractivity contribution in [3.05, 3.63) is 58.9 Å². The first kappa shape index (κ1) is 15.8. The molecule has 0 saturated carbocycles. The van der Waals surface area contributed by atoms with Gasteiger partial charge in [0.25, 0.3) is 0 Å². The van der Waals surface area contributed by atoms with Crippen LogP contribution in [0.1, 0.15) is 24.5 Å². The molecule has 0 amide bonds. The Morgan fingerprint density at radius 3 is 2.71 bits per heavy atom. The topological polar surface area (TPSA) is 42.1 Å². The lowest BCUT2D eigenvalue weighted by Gasteiger charge is -2.21. The van der Waals surface area contributed by atoms with Crippen molar-refractivity contribution in [2.45, 2.75) is 32.4 Å². The van der Waals surface area contributed by atoms with Crippen LogP contribution in [-0.2, 0) is 13.0 Å². The molecule has 1 aromatic heterocycles. The molecule has 1 unspecified atom stereocenters. The molecule has 0 fully saturated rings. The minimum atomic E-state index is 0.194. The van der Waals surface area contributed by atoms with Crippen molar-refractivity contribution in [2.75, 3.05) is 11.9 Å². The predicted octanol–water partition coefficient (Wildman–Crippen LogP) is 3.65. The highest BCUT2D eigenvalue weighted by molar-refractivity contribution is 6.33. The van der Waals surface area contributed by atoms with E-state index < -0.39 is 0 Å². The van der Waals surface area contributed by atoms with Gasteiger partial charge < -0.3 is 10.6 Å². The van der Waals surface area contributed by atoms with E-state index in [1.165, 1.54) is 5.56 Å². The number of pyridine rings is 1. The zero-order valence-electron chi connectivity index (χ0n) is 12.6. The second-order valence-corrected chi connectivity index (χ2v) is 5.78. The standard InChI is InChI=1S/C17H22ClN3/c1-3-15(19)9-13-6-7-17(16(18)10-13)21(2)12-14-5-4-8-20-11-14/h4-8,10-11,15H,3,9,12,19H2,1-2H3. The maximum atomic E-state index is 6.42. The van der Waals surface area contributed by atoms with E-state index in [1.54, 1.807) is 6.20 Å². The summed E-state index contributed by atoms with van der Waals surface area (Å²) in [5.41, 5.74) is 9.37. The third-order valence-electron chi connectivity index (χ3n) is 3.59. The minimum Gasteiger partial charge on any atom is -0.369 e. The summed E-state index contributed by atoms with van der Waals surface area (Å²) in [5, 5.41) is 0.766. The number of aromatic nitrogens is 1. The van der Waals surface area contributed by atoms with E-state index in [1.807, 2.05) is 25.4 Å². The van der Waals surface area contributed by atoms with Gasteiger partial charge in [0.15, 0.2) is 0 Å². The fourth-order valence-corrected chi connectivity index (χ4v) is 2.63. The van der Waals surface area contributed by atoms with Crippen molar-refractivity contribution in [2.24, 2.45) is 5.73 Å². The lowest BCUT2D eigenvalue weighted by molar-refractivity contribution is 0.646. The first-order valence-corrected chi connectivity index (χ1v) is 7.62. The van der Waals surface area contributed by atoms with Gasteiger partial charge in [-0.3, -0.25) is 4.98 Å². The van der Waals surface area contributed by atoms with Crippen LogP contribution in [0.5, 0.6) is 0 Å². The van der Waals surface area contributed by atoms with Crippen LogP contribution in [0, 0.1) is 0 Å². The van der Waals surface area contributed by atoms with Crippen LogP contribution in [0.4, 0.5) is 5.69 Å². The molecule has 0 radical (unpaired) electrons. The maximum Gasteiger partial charge on any atom is 0.0642 e. The van der Waals surface area contributed by atoms with Crippen molar-refractivity contribution in [1.82, 2.24) is 4.98 Å². The quantitative estimate of drug-likeness (QED) is 0.885. The number of benzene rings is 1. The summed E-state index contributed by atoms with van der Waals surface area (Å²) in [5.74, 6) is 0. The van der Waals surface area contributed by atoms with Gasteiger partial charge >= 0.3 is 0 Å². The van der Waals surface area contributed by atoms with Crippen molar-refractivity contribution in [1.29, 1.82) is 0 Å². The Morgan fingerprint density at radius 2 is 2.10 bits per heavy atom. The number of hydrogen-bond acceptors (Lipinski definition) is 3. The fraction of sp³-hybridized carbons (Fsp3) is 0.353. The van der Waals surface area contributed by atoms with E-state index in [9.17, 15) is 0 Å². The lowest BCUT2D eigenvalue weighted by Crippen LogP contribution is -2.21. The second-order valence-electron chi connectivity index (χ2n) is 5.38. The molecule has 1 aromatic carbocycles. The Bertz CT molecular complexity index is 572. The Balaban J connectivity index is 2.09. The van der Waals surface area contributed by atoms with Crippen LogP contribution in [0.2, 0.25) is 5.02 Å². The summed E-state index contributed by atoms with van der Waals surface area (Å²) in [6.45, 7) is 2.88. The molecule has 2 aromatic rings. The normalized spacial score (nSPS) is 12.2. The van der Waals surface area contributed by atoms with Crippen molar-refractivity contribution < 1.29 is 0 Å². The number of rotatable bonds is 6. The molecule has 0 aliphatic heterocycles. The molecule has 0 bridgehead atoms. The van der Waals surface area contributed by atoms with Crippen LogP contribution in [-0.4, -0.2) is 18.1 Å². The van der Waals surface area contributed by atoms with Gasteiger partial charge in [-0.15, -0.1) is 0 Å². The second kappa shape index (κ2) is 7.43. The van der Waals surface area contributed by atoms with Crippen molar-refractivity contribution >= 4 is 17.3 Å². The Hall–Kier alpha value is -1.58. The number of hydrogen-bond donors (Lipinski definition) is 1. The highest BCUT2D eigenvalue weighted by atomic mass is 35.5. The van der Waals surface area contributed by atoms with Crippen molar-refractivity contribution in [3.8, 4) is 0 Å². The molecular formula is C17H22ClN3. The lowest BCUT2D eigenvalue weighted by atomic mass is 10.0. The molecule has 0 spiro atoms. The van der Waals surface area contributed by atoms with Gasteiger partial charge in [-0.25, -0.2) is 0 Å². The molecule has 0 aliphatic carbocycles. The van der Waals surface area contributed by atoms with Crippen molar-refractivity contribution in [3.63, 3.8) is 0 Å². The summed E-state index contributed by atoms with van der Waals surface area (Å²) >= 11 is 6.42. The average molecular weight is 304 g/mol. The van der Waals surface area contributed by atoms with Gasteiger partial charge in [0.2, 0.25) is 0 Å². The van der Waals surface area contributed by atoms with Gasteiger partial charge in [-0.2, -0.15) is 0 Å². The van der Waals surface area contributed by atoms with E-state index in [4.69, 9.17) is 17.3 Å². The van der Waals surface area contributed by atoms with Gasteiger partial charge in [0, 0.05) is 32.0 Å². The summed E-state index contributed by atoms with van der Waals surface area (Å²) in [4.78, 5) is 6.26. The monoisotopic (exact) mass is 303 g/mol. The summed E-state index contributed by atoms with van der Waals surface area (Å²) in [7, 11) is 2.03. The molecule has 2 N–H and O–H groups in total. The predicted molar refractivity (Wildman–Crippen MR) is 89.8 cm³/mol. The van der Waals surface area contributed by atoms with Gasteiger partial charge in [-0.05, 0) is 42.2 Å². The highest BCUT2D eigenvalue weighted by Crippen LogP contribution is 2.27. The van der Waals surface area contributed by atoms with Gasteiger partial charge in [-0.1, -0.05) is 30.7 Å². The van der Waals surface area contributed by atoms with Crippen LogP contribution >= 0.6 is 11.6 Å². The molecule has 21 heavy (non-hydrogen) atoms. The van der Waals surface area contributed by atoms with Crippen LogP contribution < -0.4 is 10.6 Å². The van der Waals surface area contributed by atoms with Gasteiger partial charge in [0.05, 0.1) is 10.7 Å². The van der Waals surface area contributed by atoms with E-state index in [0.717, 1.165) is 35.7 Å². The summed E-state index contributed by atoms with van der Waals surface area (Å²) in [6.07, 6.45) is 5.49. The summed E-state index contributed by atoms with van der Waals surface area (Å²) < 4.78 is 0. The highest BCUT2D eigenvalue weighted by Gasteiger charge is 2.09. The number of nitrogens with zero attached hydrogens (tertiary/aromatic N) is 2. The number of halogens is 1. The molecule has 2 rings (SSSR count). The minimum absolute atomic E-state index is 0.194. The van der Waals surface area contributed by atoms with E-state index in [2.05, 4.69) is 35.0 Å². The molecule has 0 aliphatic rings. The molecule has 4 heteroatoms. The fourth-order valence-electron chi connectivity index (χ4n) is 2.28. The van der Waals surface area contributed by atoms with Crippen LogP contribution in [0.3, 0.4) is 0 Å². The molecule has 3 nitrogen and oxygen atoms in total. The Kier molecular flexibility index (Phi) is 5.59. The average Bonchev–Trinajstić information content (AvgIpc) is 2.48. The largest absolute Gasteiger partial charge is 0.369 e. The molecule has 0 saturated heterocycles. The smallest absolute Gasteiger partial charge is 0.0642 e. The zero-order valence-corrected chi connectivity index (χ0v) is 13.3. The molecule has 112 valence electrons. The Labute approximate surface area is 131 Å². The third-order valence-corrected chi connectivity index (χ3v) is 3.89. The third kappa shape index (κ3) is 4.45. The van der Waals surface area contributed by atoms with E-state index >= 15 is 0 Å².